The van der Waals surface area contributed by atoms with Crippen molar-refractivity contribution in [2.45, 2.75) is 58.2 Å². The van der Waals surface area contributed by atoms with E-state index in [1.165, 1.54) is 10.8 Å². The van der Waals surface area contributed by atoms with Gasteiger partial charge in [0.25, 0.3) is 0 Å². The Morgan fingerprint density at radius 2 is 1.62 bits per heavy atom. The molecule has 0 heterocycles. The van der Waals surface area contributed by atoms with Gasteiger partial charge in [0.05, 0.1) is 6.10 Å². The summed E-state index contributed by atoms with van der Waals surface area (Å²) in [6.45, 7) is 12.8. The molecule has 0 bridgehead atoms. The molecule has 2 rings (SSSR count). The maximum Gasteiger partial charge on any atom is 0.250 e. The minimum Gasteiger partial charge on any atom is -0.543 e. The van der Waals surface area contributed by atoms with E-state index in [0.717, 1.165) is 23.7 Å². The van der Waals surface area contributed by atoms with Crippen LogP contribution in [0.5, 0.6) is 0 Å². The Morgan fingerprint density at radius 3 is 2.19 bits per heavy atom. The van der Waals surface area contributed by atoms with Gasteiger partial charge in [-0.05, 0) is 47.5 Å². The molecule has 0 aliphatic rings. The van der Waals surface area contributed by atoms with E-state index in [9.17, 15) is 0 Å². The molecular weight excluding hydrogens is 340 g/mol. The number of hydrogen-bond acceptors (Lipinski definition) is 3. The van der Waals surface area contributed by atoms with Crippen molar-refractivity contribution in [1.29, 1.82) is 0 Å². The highest BCUT2D eigenvalue weighted by atomic mass is 28.4. The van der Waals surface area contributed by atoms with E-state index in [1.807, 2.05) is 6.92 Å². The van der Waals surface area contributed by atoms with Crippen LogP contribution in [0.1, 0.15) is 39.4 Å². The summed E-state index contributed by atoms with van der Waals surface area (Å²) in [5, 5.41) is 2.43. The number of fused-ring (bicyclic) bond motifs is 1. The van der Waals surface area contributed by atoms with Crippen LogP contribution in [0.25, 0.3) is 10.8 Å². The molecule has 0 fully saturated rings. The summed E-state index contributed by atoms with van der Waals surface area (Å²) < 4.78 is 18.0. The first-order chi connectivity index (χ1) is 12.5. The van der Waals surface area contributed by atoms with Gasteiger partial charge in [-0.3, -0.25) is 0 Å². The summed E-state index contributed by atoms with van der Waals surface area (Å²) in [6.07, 6.45) is -0.682. The molecule has 2 aromatic rings. The van der Waals surface area contributed by atoms with Crippen molar-refractivity contribution in [3.63, 3.8) is 0 Å². The van der Waals surface area contributed by atoms with Crippen molar-refractivity contribution in [3.8, 4) is 0 Å². The van der Waals surface area contributed by atoms with Gasteiger partial charge < -0.3 is 13.9 Å². The third-order valence-electron chi connectivity index (χ3n) is 5.33. The van der Waals surface area contributed by atoms with Crippen LogP contribution in [-0.2, 0) is 13.9 Å². The maximum atomic E-state index is 6.34. The van der Waals surface area contributed by atoms with E-state index in [1.54, 1.807) is 7.11 Å². The first-order valence-corrected chi connectivity index (χ1v) is 12.1. The van der Waals surface area contributed by atoms with E-state index < -0.39 is 14.6 Å². The van der Waals surface area contributed by atoms with Crippen molar-refractivity contribution in [2.24, 2.45) is 0 Å². The Bertz CT molecular complexity index is 716. The van der Waals surface area contributed by atoms with Crippen LogP contribution in [0.2, 0.25) is 18.1 Å². The molecule has 0 saturated heterocycles. The summed E-state index contributed by atoms with van der Waals surface area (Å²) in [4.78, 5) is 0. The van der Waals surface area contributed by atoms with Crippen molar-refractivity contribution >= 4 is 19.1 Å². The van der Waals surface area contributed by atoms with Gasteiger partial charge in [-0.1, -0.05) is 63.7 Å². The van der Waals surface area contributed by atoms with Gasteiger partial charge in [-0.2, -0.15) is 0 Å². The Labute approximate surface area is 159 Å². The number of hydrogen-bond donors (Lipinski definition) is 0. The van der Waals surface area contributed by atoms with Crippen LogP contribution in [0, 0.1) is 0 Å². The third kappa shape index (κ3) is 4.75. The molecule has 3 nitrogen and oxygen atoms in total. The zero-order valence-corrected chi connectivity index (χ0v) is 17.7. The predicted octanol–water partition coefficient (Wildman–Crippen LogP) is 6.43. The summed E-state index contributed by atoms with van der Waals surface area (Å²) in [6, 6.07) is 17.9. The highest BCUT2D eigenvalue weighted by Crippen LogP contribution is 2.29. The van der Waals surface area contributed by atoms with E-state index in [0.29, 0.717) is 5.76 Å². The van der Waals surface area contributed by atoms with Crippen LogP contribution in [0.15, 0.2) is 54.8 Å². The van der Waals surface area contributed by atoms with Gasteiger partial charge in [-0.25, -0.2) is 0 Å². The molecule has 0 N–H and O–H groups in total. The van der Waals surface area contributed by atoms with Crippen LogP contribution in [-0.4, -0.2) is 21.7 Å². The van der Waals surface area contributed by atoms with Gasteiger partial charge in [0.15, 0.2) is 0 Å². The predicted molar refractivity (Wildman–Crippen MR) is 112 cm³/mol. The van der Waals surface area contributed by atoms with Gasteiger partial charge >= 0.3 is 0 Å². The number of rotatable bonds is 10. The number of benzene rings is 2. The second-order valence-electron chi connectivity index (χ2n) is 6.76. The lowest BCUT2D eigenvalue weighted by atomic mass is 10.0. The first kappa shape index (κ1) is 20.7. The second kappa shape index (κ2) is 9.35. The average Bonchev–Trinajstić information content (AvgIpc) is 2.69. The molecule has 2 atom stereocenters. The van der Waals surface area contributed by atoms with E-state index in [2.05, 4.69) is 69.8 Å². The molecule has 2 aromatic carbocycles. The van der Waals surface area contributed by atoms with Gasteiger partial charge in [0.2, 0.25) is 14.6 Å². The molecule has 0 amide bonds. The van der Waals surface area contributed by atoms with E-state index in [4.69, 9.17) is 13.9 Å². The van der Waals surface area contributed by atoms with Crippen LogP contribution in [0.3, 0.4) is 0 Å². The van der Waals surface area contributed by atoms with Crippen LogP contribution < -0.4 is 0 Å². The first-order valence-electron chi connectivity index (χ1n) is 9.53. The van der Waals surface area contributed by atoms with Crippen molar-refractivity contribution in [1.82, 2.24) is 0 Å². The number of methoxy groups -OCH3 is 1. The molecule has 0 radical (unpaired) electrons. The summed E-state index contributed by atoms with van der Waals surface area (Å²) in [7, 11) is -0.147. The standard InChI is InChI=1S/C22H32O3Si/c1-7-26(8-2,9-3)25-18(5)22(23-6)24-17(4)20-15-14-19-12-10-11-13-21(19)16-20/h10-17,22H,5,7-9H2,1-4,6H3/t17-,22?/m0/s1. The SMILES string of the molecule is C=C(O[Si](CC)(CC)CC)C(OC)O[C@@H](C)c1ccc2ccccc2c1. The Balaban J connectivity index is 2.11. The Morgan fingerprint density at radius 1 is 1.00 bits per heavy atom. The summed E-state index contributed by atoms with van der Waals surface area (Å²) >= 11 is 0. The molecule has 0 aromatic heterocycles. The lowest BCUT2D eigenvalue weighted by Crippen LogP contribution is -2.38. The zero-order valence-electron chi connectivity index (χ0n) is 16.7. The third-order valence-corrected chi connectivity index (χ3v) is 9.89. The fourth-order valence-corrected chi connectivity index (χ4v) is 5.87. The molecule has 1 unspecified atom stereocenters. The van der Waals surface area contributed by atoms with Crippen LogP contribution in [0.4, 0.5) is 0 Å². The monoisotopic (exact) mass is 372 g/mol. The average molecular weight is 373 g/mol. The molecule has 142 valence electrons. The lowest BCUT2D eigenvalue weighted by molar-refractivity contribution is -0.144. The summed E-state index contributed by atoms with van der Waals surface area (Å²) in [5.74, 6) is 0.595. The Hall–Kier alpha value is -1.62. The van der Waals surface area contributed by atoms with E-state index in [-0.39, 0.29) is 6.10 Å². The fourth-order valence-electron chi connectivity index (χ4n) is 3.28. The smallest absolute Gasteiger partial charge is 0.250 e. The van der Waals surface area contributed by atoms with Gasteiger partial charge in [0, 0.05) is 7.11 Å². The minimum absolute atomic E-state index is 0.120. The quantitative estimate of drug-likeness (QED) is 0.273. The molecule has 0 aliphatic carbocycles. The van der Waals surface area contributed by atoms with Crippen molar-refractivity contribution in [3.05, 3.63) is 60.4 Å². The largest absolute Gasteiger partial charge is 0.543 e. The lowest BCUT2D eigenvalue weighted by Gasteiger charge is -2.33. The summed E-state index contributed by atoms with van der Waals surface area (Å²) in [5.41, 5.74) is 1.11. The molecule has 0 aliphatic heterocycles. The van der Waals surface area contributed by atoms with Crippen molar-refractivity contribution in [2.75, 3.05) is 7.11 Å². The highest BCUT2D eigenvalue weighted by Gasteiger charge is 2.33. The van der Waals surface area contributed by atoms with E-state index >= 15 is 0 Å². The second-order valence-corrected chi connectivity index (χ2v) is 11.5. The number of ether oxygens (including phenoxy) is 2. The molecular formula is C22H32O3Si. The molecule has 0 spiro atoms. The molecule has 0 saturated carbocycles. The molecule has 26 heavy (non-hydrogen) atoms. The highest BCUT2D eigenvalue weighted by molar-refractivity contribution is 6.73. The van der Waals surface area contributed by atoms with Gasteiger partial charge in [0.1, 0.15) is 5.76 Å². The minimum atomic E-state index is -1.79. The topological polar surface area (TPSA) is 27.7 Å². The van der Waals surface area contributed by atoms with Crippen LogP contribution >= 0.6 is 0 Å². The zero-order chi connectivity index (χ0) is 19.2. The van der Waals surface area contributed by atoms with Crippen molar-refractivity contribution < 1.29 is 13.9 Å². The van der Waals surface area contributed by atoms with Gasteiger partial charge in [-0.15, -0.1) is 0 Å². The Kier molecular flexibility index (Phi) is 7.44. The normalized spacial score (nSPS) is 14.2. The maximum absolute atomic E-state index is 6.34. The molecule has 4 heteroatoms. The fraction of sp³-hybridized carbons (Fsp3) is 0.455.